The first kappa shape index (κ1) is 14.8. The lowest BCUT2D eigenvalue weighted by atomic mass is 10.0. The summed E-state index contributed by atoms with van der Waals surface area (Å²) in [5.74, 6) is 1.49. The van der Waals surface area contributed by atoms with Gasteiger partial charge in [0.25, 0.3) is 0 Å². The summed E-state index contributed by atoms with van der Waals surface area (Å²) in [6.07, 6.45) is 0.724. The van der Waals surface area contributed by atoms with Crippen LogP contribution >= 0.6 is 0 Å². The summed E-state index contributed by atoms with van der Waals surface area (Å²) in [4.78, 5) is 0. The second-order valence-corrected chi connectivity index (χ2v) is 4.78. The Morgan fingerprint density at radius 1 is 1.22 bits per heavy atom. The maximum absolute atomic E-state index is 8.92. The van der Waals surface area contributed by atoms with Crippen molar-refractivity contribution in [2.45, 2.75) is 25.8 Å². The molecule has 2 N–H and O–H groups in total. The van der Waals surface area contributed by atoms with E-state index in [-0.39, 0.29) is 12.1 Å². The number of rotatable bonds is 8. The highest BCUT2D eigenvalue weighted by Crippen LogP contribution is 2.25. The molecular formula is C14H23NO3. The topological polar surface area (TPSA) is 50.7 Å². The van der Waals surface area contributed by atoms with E-state index in [1.54, 1.807) is 7.11 Å². The third-order valence-electron chi connectivity index (χ3n) is 2.77. The Bertz CT molecular complexity index is 353. The lowest BCUT2D eigenvalue weighted by Gasteiger charge is -2.25. The van der Waals surface area contributed by atoms with E-state index in [9.17, 15) is 0 Å². The van der Waals surface area contributed by atoms with Gasteiger partial charge in [-0.1, -0.05) is 12.1 Å². The Balaban J connectivity index is 2.33. The largest absolute Gasteiger partial charge is 0.493 e. The SMILES string of the molecule is COc1ccccc1OCCNC(C)(C)CCO. The third kappa shape index (κ3) is 4.94. The molecule has 1 rings (SSSR count). The van der Waals surface area contributed by atoms with E-state index >= 15 is 0 Å². The molecule has 102 valence electrons. The summed E-state index contributed by atoms with van der Waals surface area (Å²) in [6, 6.07) is 7.59. The van der Waals surface area contributed by atoms with Crippen LogP contribution in [0.1, 0.15) is 20.3 Å². The second-order valence-electron chi connectivity index (χ2n) is 4.78. The van der Waals surface area contributed by atoms with Crippen LogP contribution in [0.5, 0.6) is 11.5 Å². The van der Waals surface area contributed by atoms with Gasteiger partial charge in [-0.15, -0.1) is 0 Å². The molecule has 0 unspecified atom stereocenters. The molecule has 0 aliphatic rings. The molecule has 0 saturated heterocycles. The highest BCUT2D eigenvalue weighted by Gasteiger charge is 2.15. The molecule has 0 aromatic heterocycles. The number of hydrogen-bond donors (Lipinski definition) is 2. The van der Waals surface area contributed by atoms with Gasteiger partial charge in [0.05, 0.1) is 7.11 Å². The second kappa shape index (κ2) is 7.24. The van der Waals surface area contributed by atoms with Crippen LogP contribution in [0.3, 0.4) is 0 Å². The number of nitrogens with one attached hydrogen (secondary N) is 1. The molecule has 0 saturated carbocycles. The summed E-state index contributed by atoms with van der Waals surface area (Å²) in [5.41, 5.74) is -0.0706. The van der Waals surface area contributed by atoms with E-state index in [4.69, 9.17) is 14.6 Å². The van der Waals surface area contributed by atoms with Gasteiger partial charge in [0, 0.05) is 18.7 Å². The maximum atomic E-state index is 8.92. The number of para-hydroxylation sites is 2. The molecule has 0 fully saturated rings. The average molecular weight is 253 g/mol. The van der Waals surface area contributed by atoms with Crippen molar-refractivity contribution in [1.29, 1.82) is 0 Å². The van der Waals surface area contributed by atoms with Gasteiger partial charge in [0.1, 0.15) is 6.61 Å². The van der Waals surface area contributed by atoms with E-state index in [0.29, 0.717) is 6.61 Å². The summed E-state index contributed by atoms with van der Waals surface area (Å²) in [7, 11) is 1.63. The Kier molecular flexibility index (Phi) is 5.95. The van der Waals surface area contributed by atoms with Gasteiger partial charge >= 0.3 is 0 Å². The molecule has 0 spiro atoms. The number of aliphatic hydroxyl groups is 1. The van der Waals surface area contributed by atoms with E-state index in [2.05, 4.69) is 19.2 Å². The van der Waals surface area contributed by atoms with Gasteiger partial charge < -0.3 is 19.9 Å². The molecule has 0 atom stereocenters. The smallest absolute Gasteiger partial charge is 0.161 e. The molecule has 4 nitrogen and oxygen atoms in total. The van der Waals surface area contributed by atoms with Gasteiger partial charge in [-0.2, -0.15) is 0 Å². The fourth-order valence-corrected chi connectivity index (χ4v) is 1.66. The predicted octanol–water partition coefficient (Wildman–Crippen LogP) is 1.82. The third-order valence-corrected chi connectivity index (χ3v) is 2.77. The van der Waals surface area contributed by atoms with Crippen LogP contribution in [0.2, 0.25) is 0 Å². The summed E-state index contributed by atoms with van der Waals surface area (Å²) < 4.78 is 10.9. The number of methoxy groups -OCH3 is 1. The van der Waals surface area contributed by atoms with Crippen LogP contribution in [0.15, 0.2) is 24.3 Å². The lowest BCUT2D eigenvalue weighted by molar-refractivity contribution is 0.218. The molecule has 0 heterocycles. The Hall–Kier alpha value is -1.26. The molecule has 18 heavy (non-hydrogen) atoms. The Labute approximate surface area is 109 Å². The van der Waals surface area contributed by atoms with Crippen LogP contribution in [0.4, 0.5) is 0 Å². The van der Waals surface area contributed by atoms with Crippen molar-refractivity contribution >= 4 is 0 Å². The zero-order valence-electron chi connectivity index (χ0n) is 11.4. The van der Waals surface area contributed by atoms with Crippen molar-refractivity contribution in [2.75, 3.05) is 26.9 Å². The molecule has 0 amide bonds. The first-order chi connectivity index (χ1) is 8.59. The highest BCUT2D eigenvalue weighted by atomic mass is 16.5. The molecule has 0 radical (unpaired) electrons. The van der Waals surface area contributed by atoms with E-state index < -0.39 is 0 Å². The van der Waals surface area contributed by atoms with Crippen molar-refractivity contribution < 1.29 is 14.6 Å². The minimum absolute atomic E-state index is 0.0706. The lowest BCUT2D eigenvalue weighted by Crippen LogP contribution is -2.42. The fraction of sp³-hybridized carbons (Fsp3) is 0.571. The zero-order valence-corrected chi connectivity index (χ0v) is 11.4. The number of ether oxygens (including phenoxy) is 2. The van der Waals surface area contributed by atoms with E-state index in [0.717, 1.165) is 24.5 Å². The first-order valence-corrected chi connectivity index (χ1v) is 6.21. The number of hydrogen-bond acceptors (Lipinski definition) is 4. The molecule has 4 heteroatoms. The average Bonchev–Trinajstić information content (AvgIpc) is 2.35. The monoisotopic (exact) mass is 253 g/mol. The van der Waals surface area contributed by atoms with Crippen molar-refractivity contribution in [1.82, 2.24) is 5.32 Å². The van der Waals surface area contributed by atoms with Crippen molar-refractivity contribution in [3.05, 3.63) is 24.3 Å². The summed E-state index contributed by atoms with van der Waals surface area (Å²) >= 11 is 0. The molecule has 1 aromatic rings. The van der Waals surface area contributed by atoms with Gasteiger partial charge in [-0.05, 0) is 32.4 Å². The normalized spacial score (nSPS) is 11.3. The van der Waals surface area contributed by atoms with Gasteiger partial charge in [-0.25, -0.2) is 0 Å². The molecule has 0 aliphatic carbocycles. The fourth-order valence-electron chi connectivity index (χ4n) is 1.66. The van der Waals surface area contributed by atoms with Gasteiger partial charge in [0.2, 0.25) is 0 Å². The van der Waals surface area contributed by atoms with Crippen LogP contribution in [-0.2, 0) is 0 Å². The first-order valence-electron chi connectivity index (χ1n) is 6.21. The van der Waals surface area contributed by atoms with E-state index in [1.807, 2.05) is 24.3 Å². The van der Waals surface area contributed by atoms with Crippen molar-refractivity contribution in [3.8, 4) is 11.5 Å². The zero-order chi connectivity index (χ0) is 13.4. The standard InChI is InChI=1S/C14H23NO3/c1-14(2,8-10-16)15-9-11-18-13-7-5-4-6-12(13)17-3/h4-7,15-16H,8-11H2,1-3H3. The molecule has 1 aromatic carbocycles. The highest BCUT2D eigenvalue weighted by molar-refractivity contribution is 5.39. The molecule has 0 bridgehead atoms. The number of aliphatic hydroxyl groups excluding tert-OH is 1. The number of benzene rings is 1. The Morgan fingerprint density at radius 3 is 2.50 bits per heavy atom. The minimum atomic E-state index is -0.0706. The molecular weight excluding hydrogens is 230 g/mol. The van der Waals surface area contributed by atoms with Crippen molar-refractivity contribution in [2.24, 2.45) is 0 Å². The van der Waals surface area contributed by atoms with Crippen LogP contribution in [0, 0.1) is 0 Å². The maximum Gasteiger partial charge on any atom is 0.161 e. The van der Waals surface area contributed by atoms with Crippen molar-refractivity contribution in [3.63, 3.8) is 0 Å². The van der Waals surface area contributed by atoms with Crippen LogP contribution < -0.4 is 14.8 Å². The Morgan fingerprint density at radius 2 is 1.89 bits per heavy atom. The minimum Gasteiger partial charge on any atom is -0.493 e. The van der Waals surface area contributed by atoms with Gasteiger partial charge in [0.15, 0.2) is 11.5 Å². The molecule has 0 aliphatic heterocycles. The quantitative estimate of drug-likeness (QED) is 0.694. The van der Waals surface area contributed by atoms with E-state index in [1.165, 1.54) is 0 Å². The van der Waals surface area contributed by atoms with Gasteiger partial charge in [-0.3, -0.25) is 0 Å². The summed E-state index contributed by atoms with van der Waals surface area (Å²) in [5, 5.41) is 12.3. The summed E-state index contributed by atoms with van der Waals surface area (Å²) in [6.45, 7) is 5.60. The van der Waals surface area contributed by atoms with Crippen LogP contribution in [-0.4, -0.2) is 37.5 Å². The predicted molar refractivity (Wildman–Crippen MR) is 72.3 cm³/mol. The van der Waals surface area contributed by atoms with Crippen LogP contribution in [0.25, 0.3) is 0 Å².